The molecule has 1 aliphatic heterocycles. The Hall–Kier alpha value is -1.98. The van der Waals surface area contributed by atoms with E-state index in [1.807, 2.05) is 25.7 Å². The Balaban J connectivity index is 1.66. The lowest BCUT2D eigenvalue weighted by atomic mass is 10.2. The van der Waals surface area contributed by atoms with Crippen molar-refractivity contribution in [3.05, 3.63) is 41.5 Å². The maximum Gasteiger partial charge on any atom is 0.416 e. The van der Waals surface area contributed by atoms with Crippen molar-refractivity contribution >= 4 is 10.0 Å². The quantitative estimate of drug-likeness (QED) is 0.722. The number of sulfonamides is 1. The lowest BCUT2D eigenvalue weighted by molar-refractivity contribution is -0.137. The second-order valence-corrected chi connectivity index (χ2v) is 9.22. The highest BCUT2D eigenvalue weighted by atomic mass is 32.2. The Morgan fingerprint density at radius 1 is 1.03 bits per heavy atom. The van der Waals surface area contributed by atoms with Crippen LogP contribution < -0.4 is 0 Å². The molecule has 2 aromatic rings. The highest BCUT2D eigenvalue weighted by molar-refractivity contribution is 7.89. The Morgan fingerprint density at radius 3 is 2.10 bits per heavy atom. The fourth-order valence-electron chi connectivity index (χ4n) is 3.10. The molecule has 2 heterocycles. The molecule has 0 radical (unpaired) electrons. The van der Waals surface area contributed by atoms with Gasteiger partial charge in [0.1, 0.15) is 0 Å². The smallest absolute Gasteiger partial charge is 0.338 e. The number of aromatic nitrogens is 2. The van der Waals surface area contributed by atoms with Crippen molar-refractivity contribution in [2.45, 2.75) is 43.8 Å². The number of nitrogens with zero attached hydrogens (tertiary/aromatic N) is 4. The molecular weight excluding hydrogens is 409 g/mol. The molecule has 1 aliphatic rings. The summed E-state index contributed by atoms with van der Waals surface area (Å²) in [6, 6.07) is 3.41. The minimum atomic E-state index is -4.51. The van der Waals surface area contributed by atoms with Crippen molar-refractivity contribution in [3.8, 4) is 0 Å². The number of hydrogen-bond acceptors (Lipinski definition) is 6. The van der Waals surface area contributed by atoms with E-state index in [0.717, 1.165) is 24.3 Å². The zero-order chi connectivity index (χ0) is 21.4. The second kappa shape index (κ2) is 8.04. The first kappa shape index (κ1) is 21.7. The van der Waals surface area contributed by atoms with Gasteiger partial charge in [-0.1, -0.05) is 19.0 Å². The summed E-state index contributed by atoms with van der Waals surface area (Å²) >= 11 is 0. The molecule has 1 saturated heterocycles. The summed E-state index contributed by atoms with van der Waals surface area (Å²) in [6.07, 6.45) is -4.51. The molecule has 0 N–H and O–H groups in total. The third kappa shape index (κ3) is 4.62. The maximum absolute atomic E-state index is 12.8. The predicted octanol–water partition coefficient (Wildman–Crippen LogP) is 3.28. The van der Waals surface area contributed by atoms with Crippen LogP contribution in [0.3, 0.4) is 0 Å². The first-order valence-corrected chi connectivity index (χ1v) is 10.7. The average molecular weight is 432 g/mol. The van der Waals surface area contributed by atoms with Crippen molar-refractivity contribution < 1.29 is 26.1 Å². The van der Waals surface area contributed by atoms with Crippen molar-refractivity contribution in [2.24, 2.45) is 0 Å². The van der Waals surface area contributed by atoms with Crippen LogP contribution in [0.5, 0.6) is 0 Å². The minimum absolute atomic E-state index is 0.144. The van der Waals surface area contributed by atoms with E-state index in [4.69, 9.17) is 4.52 Å². The van der Waals surface area contributed by atoms with E-state index in [1.165, 1.54) is 4.31 Å². The number of halogens is 3. The summed E-state index contributed by atoms with van der Waals surface area (Å²) < 4.78 is 70.2. The number of alkyl halides is 3. The van der Waals surface area contributed by atoms with Gasteiger partial charge < -0.3 is 4.52 Å². The molecule has 0 amide bonds. The van der Waals surface area contributed by atoms with Gasteiger partial charge in [0.2, 0.25) is 15.9 Å². The number of benzene rings is 1. The van der Waals surface area contributed by atoms with Crippen molar-refractivity contribution in [1.29, 1.82) is 0 Å². The van der Waals surface area contributed by atoms with Crippen LogP contribution in [0, 0.1) is 0 Å². The van der Waals surface area contributed by atoms with Gasteiger partial charge in [-0.3, -0.25) is 4.90 Å². The minimum Gasteiger partial charge on any atom is -0.338 e. The number of piperazine rings is 1. The molecule has 1 aromatic heterocycles. The molecule has 0 aliphatic carbocycles. The maximum atomic E-state index is 12.8. The molecule has 11 heteroatoms. The Labute approximate surface area is 167 Å². The van der Waals surface area contributed by atoms with Gasteiger partial charge in [-0.25, -0.2) is 8.42 Å². The van der Waals surface area contributed by atoms with Crippen molar-refractivity contribution in [2.75, 3.05) is 26.2 Å². The lowest BCUT2D eigenvalue weighted by Gasteiger charge is -2.36. The van der Waals surface area contributed by atoms with E-state index in [2.05, 4.69) is 10.1 Å². The van der Waals surface area contributed by atoms with E-state index in [9.17, 15) is 21.6 Å². The third-order valence-corrected chi connectivity index (χ3v) is 6.88. The summed E-state index contributed by atoms with van der Waals surface area (Å²) in [6.45, 7) is 7.17. The van der Waals surface area contributed by atoms with Crippen LogP contribution >= 0.6 is 0 Å². The van der Waals surface area contributed by atoms with Crippen LogP contribution in [-0.4, -0.2) is 53.9 Å². The van der Waals surface area contributed by atoms with Crippen molar-refractivity contribution in [1.82, 2.24) is 19.3 Å². The molecule has 160 valence electrons. The van der Waals surface area contributed by atoms with Gasteiger partial charge in [-0.2, -0.15) is 22.5 Å². The van der Waals surface area contributed by atoms with Crippen LogP contribution in [0.2, 0.25) is 0 Å². The largest absolute Gasteiger partial charge is 0.416 e. The summed E-state index contributed by atoms with van der Waals surface area (Å²) in [4.78, 5) is 6.28. The zero-order valence-corrected chi connectivity index (χ0v) is 17.2. The molecule has 1 aromatic carbocycles. The molecule has 29 heavy (non-hydrogen) atoms. The SMILES string of the molecule is CC(C)c1noc(C(C)N2CCN(S(=O)(=O)c3ccc(C(F)(F)F)cc3)CC2)n1. The van der Waals surface area contributed by atoms with Crippen LogP contribution in [0.15, 0.2) is 33.7 Å². The van der Waals surface area contributed by atoms with Crippen LogP contribution in [0.1, 0.15) is 50.0 Å². The Morgan fingerprint density at radius 2 is 1.62 bits per heavy atom. The average Bonchev–Trinajstić information content (AvgIpc) is 3.17. The molecule has 0 spiro atoms. The first-order valence-electron chi connectivity index (χ1n) is 9.25. The topological polar surface area (TPSA) is 79.5 Å². The fraction of sp³-hybridized carbons (Fsp3) is 0.556. The molecular formula is C18H23F3N4O3S. The van der Waals surface area contributed by atoms with E-state index < -0.39 is 21.8 Å². The Bertz CT molecular complexity index is 934. The summed E-state index contributed by atoms with van der Waals surface area (Å²) in [7, 11) is -3.86. The number of hydrogen-bond donors (Lipinski definition) is 0. The molecule has 0 bridgehead atoms. The van der Waals surface area contributed by atoms with Crippen molar-refractivity contribution in [3.63, 3.8) is 0 Å². The Kier molecular flexibility index (Phi) is 6.02. The standard InChI is InChI=1S/C18H23F3N4O3S/c1-12(2)16-22-17(28-23-16)13(3)24-8-10-25(11-9-24)29(26,27)15-6-4-14(5-7-15)18(19,20)21/h4-7,12-13H,8-11H2,1-3H3. The van der Waals surface area contributed by atoms with E-state index in [1.54, 1.807) is 0 Å². The van der Waals surface area contributed by atoms with Gasteiger partial charge in [0.05, 0.1) is 16.5 Å². The van der Waals surface area contributed by atoms with E-state index in [-0.39, 0.29) is 29.9 Å². The fourth-order valence-corrected chi connectivity index (χ4v) is 4.53. The monoisotopic (exact) mass is 432 g/mol. The second-order valence-electron chi connectivity index (χ2n) is 7.28. The van der Waals surface area contributed by atoms with Gasteiger partial charge in [-0.05, 0) is 31.2 Å². The van der Waals surface area contributed by atoms with Gasteiger partial charge in [0.15, 0.2) is 5.82 Å². The zero-order valence-electron chi connectivity index (χ0n) is 16.3. The molecule has 3 rings (SSSR count). The van der Waals surface area contributed by atoms with Gasteiger partial charge in [-0.15, -0.1) is 0 Å². The first-order chi connectivity index (χ1) is 13.5. The molecule has 1 atom stereocenters. The molecule has 1 fully saturated rings. The van der Waals surface area contributed by atoms with Gasteiger partial charge >= 0.3 is 6.18 Å². The van der Waals surface area contributed by atoms with Crippen LogP contribution in [-0.2, 0) is 16.2 Å². The molecule has 7 nitrogen and oxygen atoms in total. The van der Waals surface area contributed by atoms with Gasteiger partial charge in [0, 0.05) is 32.1 Å². The normalized spacial score (nSPS) is 18.3. The van der Waals surface area contributed by atoms with Crippen LogP contribution in [0.25, 0.3) is 0 Å². The number of rotatable bonds is 5. The summed E-state index contributed by atoms with van der Waals surface area (Å²) in [5.74, 6) is 1.24. The highest BCUT2D eigenvalue weighted by Gasteiger charge is 2.34. The summed E-state index contributed by atoms with van der Waals surface area (Å²) in [5.41, 5.74) is -0.879. The van der Waals surface area contributed by atoms with E-state index in [0.29, 0.717) is 24.8 Å². The van der Waals surface area contributed by atoms with Gasteiger partial charge in [0.25, 0.3) is 0 Å². The molecule has 0 saturated carbocycles. The summed E-state index contributed by atoms with van der Waals surface area (Å²) in [5, 5.41) is 3.95. The van der Waals surface area contributed by atoms with Crippen LogP contribution in [0.4, 0.5) is 13.2 Å². The highest BCUT2D eigenvalue weighted by Crippen LogP contribution is 2.30. The van der Waals surface area contributed by atoms with E-state index >= 15 is 0 Å². The third-order valence-electron chi connectivity index (χ3n) is 4.97. The lowest BCUT2D eigenvalue weighted by Crippen LogP contribution is -2.49. The molecule has 1 unspecified atom stereocenters. The predicted molar refractivity (Wildman–Crippen MR) is 98.6 cm³/mol.